The molecule has 6 aromatic carbocycles. The molecule has 0 atom stereocenters. The van der Waals surface area contributed by atoms with Gasteiger partial charge in [-0.25, -0.2) is 9.97 Å². The lowest BCUT2D eigenvalue weighted by Crippen LogP contribution is -2.17. The fraction of sp³-hybridized carbons (Fsp3) is 0.182. The van der Waals surface area contributed by atoms with Crippen molar-refractivity contribution in [1.29, 1.82) is 0 Å². The van der Waals surface area contributed by atoms with Crippen LogP contribution in [0.5, 0.6) is 0 Å². The normalized spacial score (nSPS) is 15.2. The highest BCUT2D eigenvalue weighted by Gasteiger charge is 2.43. The second kappa shape index (κ2) is 9.11. The van der Waals surface area contributed by atoms with Gasteiger partial charge >= 0.3 is 0 Å². The van der Waals surface area contributed by atoms with Gasteiger partial charge in [0, 0.05) is 36.1 Å². The predicted octanol–water partition coefficient (Wildman–Crippen LogP) is 10.6. The molecule has 232 valence electrons. The zero-order chi connectivity index (χ0) is 32.7. The number of benzene rings is 6. The Morgan fingerprint density at radius 3 is 1.69 bits per heavy atom. The molecular weight excluding hydrogens is 585 g/mol. The smallest absolute Gasteiger partial charge is 0.141 e. The van der Waals surface area contributed by atoms with Crippen molar-refractivity contribution in [3.05, 3.63) is 131 Å². The molecule has 0 fully saturated rings. The predicted molar refractivity (Wildman–Crippen MR) is 198 cm³/mol. The number of hydrogen-bond acceptors (Lipinski definition) is 2. The Morgan fingerprint density at radius 1 is 0.458 bits per heavy atom. The molecule has 2 aromatic heterocycles. The maximum Gasteiger partial charge on any atom is 0.141 e. The van der Waals surface area contributed by atoms with Crippen LogP contribution >= 0.6 is 0 Å². The summed E-state index contributed by atoms with van der Waals surface area (Å²) in [5.41, 5.74) is 17.3. The van der Waals surface area contributed by atoms with Gasteiger partial charge in [0.2, 0.25) is 0 Å². The Balaban J connectivity index is 1.17. The Bertz CT molecular complexity index is 2700. The number of para-hydroxylation sites is 4. The minimum atomic E-state index is -0.178. The summed E-state index contributed by atoms with van der Waals surface area (Å²) in [6, 6.07) is 40.2. The van der Waals surface area contributed by atoms with Crippen LogP contribution in [0.3, 0.4) is 0 Å². The lowest BCUT2D eigenvalue weighted by Gasteiger charge is -2.24. The summed E-state index contributed by atoms with van der Waals surface area (Å²) < 4.78 is 4.46. The molecule has 0 unspecified atom stereocenters. The van der Waals surface area contributed by atoms with Crippen molar-refractivity contribution >= 4 is 32.8 Å². The van der Waals surface area contributed by atoms with Gasteiger partial charge in [-0.15, -0.1) is 0 Å². The molecule has 0 saturated heterocycles. The SMILES string of the molecule is Cn1c(-c2ccc3c(c2)C(C)(C)c2cc4c(cc2-3)C(C)(C)c2cc(-c3nc5ccccc5n3C)c3ccccc3c2-4)nc2ccccc21. The molecule has 0 saturated carbocycles. The fourth-order valence-corrected chi connectivity index (χ4v) is 8.92. The lowest BCUT2D eigenvalue weighted by atomic mass is 9.79. The molecule has 8 aromatic rings. The molecule has 0 N–H and O–H groups in total. The van der Waals surface area contributed by atoms with Crippen LogP contribution in [0.2, 0.25) is 0 Å². The highest BCUT2D eigenvalue weighted by molar-refractivity contribution is 6.09. The number of fused-ring (bicyclic) bond motifs is 10. The van der Waals surface area contributed by atoms with Gasteiger partial charge in [-0.05, 0) is 104 Å². The quantitative estimate of drug-likeness (QED) is 0.193. The summed E-state index contributed by atoms with van der Waals surface area (Å²) >= 11 is 0. The van der Waals surface area contributed by atoms with Crippen LogP contribution in [0.4, 0.5) is 0 Å². The van der Waals surface area contributed by atoms with E-state index in [2.05, 4.69) is 160 Å². The van der Waals surface area contributed by atoms with E-state index in [0.717, 1.165) is 39.3 Å². The maximum atomic E-state index is 5.15. The highest BCUT2D eigenvalue weighted by Crippen LogP contribution is 2.58. The Labute approximate surface area is 280 Å². The van der Waals surface area contributed by atoms with E-state index in [4.69, 9.17) is 9.97 Å². The Morgan fingerprint density at radius 2 is 0.979 bits per heavy atom. The maximum absolute atomic E-state index is 5.15. The molecule has 2 aliphatic rings. The lowest BCUT2D eigenvalue weighted by molar-refractivity contribution is 0.652. The van der Waals surface area contributed by atoms with Gasteiger partial charge in [-0.1, -0.05) is 88.4 Å². The summed E-state index contributed by atoms with van der Waals surface area (Å²) in [4.78, 5) is 10.2. The zero-order valence-electron chi connectivity index (χ0n) is 28.2. The third-order valence-electron chi connectivity index (χ3n) is 11.5. The van der Waals surface area contributed by atoms with E-state index in [0.29, 0.717) is 0 Å². The van der Waals surface area contributed by atoms with Crippen molar-refractivity contribution < 1.29 is 0 Å². The van der Waals surface area contributed by atoms with Gasteiger partial charge in [-0.3, -0.25) is 0 Å². The van der Waals surface area contributed by atoms with Gasteiger partial charge < -0.3 is 9.13 Å². The Kier molecular flexibility index (Phi) is 5.24. The van der Waals surface area contributed by atoms with Crippen molar-refractivity contribution in [2.45, 2.75) is 38.5 Å². The van der Waals surface area contributed by atoms with Gasteiger partial charge in [0.05, 0.1) is 22.1 Å². The summed E-state index contributed by atoms with van der Waals surface area (Å²) in [5.74, 6) is 2.02. The minimum absolute atomic E-state index is 0.157. The molecule has 10 rings (SSSR count). The molecule has 0 amide bonds. The molecule has 2 heterocycles. The third-order valence-corrected chi connectivity index (χ3v) is 11.5. The van der Waals surface area contributed by atoms with E-state index in [1.807, 2.05) is 0 Å². The monoisotopic (exact) mass is 620 g/mol. The van der Waals surface area contributed by atoms with Crippen molar-refractivity contribution in [2.75, 3.05) is 0 Å². The van der Waals surface area contributed by atoms with Gasteiger partial charge in [0.15, 0.2) is 0 Å². The minimum Gasteiger partial charge on any atom is -0.327 e. The number of hydrogen-bond donors (Lipinski definition) is 0. The van der Waals surface area contributed by atoms with E-state index in [9.17, 15) is 0 Å². The zero-order valence-corrected chi connectivity index (χ0v) is 28.2. The standard InChI is InChI=1S/C44H36N4/c1-43(2)32-21-25(41-45-36-15-9-11-17-38(36)47(41)5)19-20-27(32)29-22-34-31(24-33(29)43)40-28-14-8-7-13-26(28)30(23-35(40)44(34,3)4)42-46-37-16-10-12-18-39(37)48(42)6/h7-24H,1-6H3. The van der Waals surface area contributed by atoms with Crippen LogP contribution in [-0.4, -0.2) is 19.1 Å². The van der Waals surface area contributed by atoms with Crippen LogP contribution in [0.1, 0.15) is 49.9 Å². The van der Waals surface area contributed by atoms with E-state index >= 15 is 0 Å². The van der Waals surface area contributed by atoms with Crippen LogP contribution in [0.25, 0.3) is 77.9 Å². The van der Waals surface area contributed by atoms with Crippen molar-refractivity contribution in [2.24, 2.45) is 14.1 Å². The second-order valence-electron chi connectivity index (χ2n) is 14.8. The highest BCUT2D eigenvalue weighted by atomic mass is 15.1. The van der Waals surface area contributed by atoms with Crippen molar-refractivity contribution in [1.82, 2.24) is 19.1 Å². The third kappa shape index (κ3) is 3.40. The number of imidazole rings is 2. The Hall–Kier alpha value is -5.48. The van der Waals surface area contributed by atoms with Crippen LogP contribution in [-0.2, 0) is 24.9 Å². The second-order valence-corrected chi connectivity index (χ2v) is 14.8. The van der Waals surface area contributed by atoms with Crippen molar-refractivity contribution in [3.63, 3.8) is 0 Å². The van der Waals surface area contributed by atoms with Gasteiger partial charge in [0.1, 0.15) is 11.6 Å². The summed E-state index contributed by atoms with van der Waals surface area (Å²) in [7, 11) is 4.26. The van der Waals surface area contributed by atoms with E-state index in [1.165, 1.54) is 60.8 Å². The van der Waals surface area contributed by atoms with Crippen molar-refractivity contribution in [3.8, 4) is 45.0 Å². The molecule has 4 nitrogen and oxygen atoms in total. The number of aromatic nitrogens is 4. The number of aryl methyl sites for hydroxylation is 2. The summed E-state index contributed by atoms with van der Waals surface area (Å²) in [6.45, 7) is 9.56. The fourth-order valence-electron chi connectivity index (χ4n) is 8.92. The van der Waals surface area contributed by atoms with Crippen LogP contribution < -0.4 is 0 Å². The molecule has 0 aliphatic heterocycles. The summed E-state index contributed by atoms with van der Waals surface area (Å²) in [5, 5.41) is 2.54. The molecule has 2 aliphatic carbocycles. The average molecular weight is 621 g/mol. The molecule has 0 bridgehead atoms. The van der Waals surface area contributed by atoms with E-state index in [-0.39, 0.29) is 10.8 Å². The topological polar surface area (TPSA) is 35.6 Å². The molecule has 0 spiro atoms. The van der Waals surface area contributed by atoms with E-state index in [1.54, 1.807) is 0 Å². The first-order valence-electron chi connectivity index (χ1n) is 16.9. The molecular formula is C44H36N4. The first kappa shape index (κ1) is 27.6. The van der Waals surface area contributed by atoms with Crippen LogP contribution in [0, 0.1) is 0 Å². The first-order valence-corrected chi connectivity index (χ1v) is 16.9. The summed E-state index contributed by atoms with van der Waals surface area (Å²) in [6.07, 6.45) is 0. The molecule has 0 radical (unpaired) electrons. The van der Waals surface area contributed by atoms with Gasteiger partial charge in [0.25, 0.3) is 0 Å². The number of nitrogens with zero attached hydrogens (tertiary/aromatic N) is 4. The average Bonchev–Trinajstić information content (AvgIpc) is 3.75. The molecule has 48 heavy (non-hydrogen) atoms. The largest absolute Gasteiger partial charge is 0.327 e. The van der Waals surface area contributed by atoms with Gasteiger partial charge in [-0.2, -0.15) is 0 Å². The first-order chi connectivity index (χ1) is 23.1. The number of rotatable bonds is 2. The van der Waals surface area contributed by atoms with Crippen LogP contribution in [0.15, 0.2) is 109 Å². The molecule has 4 heteroatoms. The van der Waals surface area contributed by atoms with E-state index < -0.39 is 0 Å².